The number of rotatable bonds is 3. The molecular formula is C14H15N3O. The molecule has 1 aliphatic rings. The van der Waals surface area contributed by atoms with Crippen LogP contribution in [0.3, 0.4) is 0 Å². The van der Waals surface area contributed by atoms with E-state index in [-0.39, 0.29) is 5.56 Å². The number of hydrogen-bond donors (Lipinski definition) is 1. The van der Waals surface area contributed by atoms with E-state index in [0.717, 1.165) is 12.2 Å². The second kappa shape index (κ2) is 4.37. The molecule has 2 aromatic rings. The average molecular weight is 241 g/mol. The van der Waals surface area contributed by atoms with Crippen molar-refractivity contribution in [3.05, 3.63) is 57.8 Å². The number of aromatic nitrogens is 3. The summed E-state index contributed by atoms with van der Waals surface area (Å²) in [4.78, 5) is 15.8. The van der Waals surface area contributed by atoms with E-state index >= 15 is 0 Å². The smallest absolute Gasteiger partial charge is 0.265 e. The van der Waals surface area contributed by atoms with Crippen molar-refractivity contribution in [3.8, 4) is 0 Å². The molecule has 1 saturated carbocycles. The Labute approximate surface area is 105 Å². The summed E-state index contributed by atoms with van der Waals surface area (Å²) in [5.41, 5.74) is 1.63. The summed E-state index contributed by atoms with van der Waals surface area (Å²) in [5, 5.41) is 7.02. The highest BCUT2D eigenvalue weighted by Crippen LogP contribution is 2.53. The van der Waals surface area contributed by atoms with E-state index in [1.807, 2.05) is 25.1 Å². The van der Waals surface area contributed by atoms with Crippen molar-refractivity contribution < 1.29 is 0 Å². The number of benzene rings is 1. The summed E-state index contributed by atoms with van der Waals surface area (Å²) in [7, 11) is 0. The molecule has 2 atom stereocenters. The first-order valence-corrected chi connectivity index (χ1v) is 6.30. The molecule has 1 N–H and O–H groups in total. The van der Waals surface area contributed by atoms with E-state index in [1.54, 1.807) is 0 Å². The highest BCUT2D eigenvalue weighted by atomic mass is 16.1. The highest BCUT2D eigenvalue weighted by molar-refractivity contribution is 5.30. The fourth-order valence-electron chi connectivity index (χ4n) is 2.33. The second-order valence-corrected chi connectivity index (χ2v) is 4.69. The molecule has 4 nitrogen and oxygen atoms in total. The van der Waals surface area contributed by atoms with E-state index < -0.39 is 0 Å². The predicted molar refractivity (Wildman–Crippen MR) is 68.6 cm³/mol. The fraction of sp³-hybridized carbons (Fsp3) is 0.357. The summed E-state index contributed by atoms with van der Waals surface area (Å²) < 4.78 is 0. The Morgan fingerprint density at radius 3 is 2.72 bits per heavy atom. The SMILES string of the molecule is CCc1n[nH]c(C2CC2c2ccccc2)nc1=O. The zero-order valence-corrected chi connectivity index (χ0v) is 10.3. The number of H-pyrrole nitrogens is 1. The maximum atomic E-state index is 11.7. The molecule has 1 heterocycles. The molecule has 1 aliphatic carbocycles. The van der Waals surface area contributed by atoms with Gasteiger partial charge in [0.2, 0.25) is 0 Å². The van der Waals surface area contributed by atoms with Crippen molar-refractivity contribution in [3.63, 3.8) is 0 Å². The minimum atomic E-state index is -0.190. The van der Waals surface area contributed by atoms with Crippen molar-refractivity contribution in [2.45, 2.75) is 31.6 Å². The zero-order chi connectivity index (χ0) is 12.5. The first kappa shape index (κ1) is 11.1. The summed E-state index contributed by atoms with van der Waals surface area (Å²) in [5.74, 6) is 1.52. The molecule has 2 unspecified atom stereocenters. The largest absolute Gasteiger partial charge is 0.294 e. The van der Waals surface area contributed by atoms with Crippen molar-refractivity contribution in [1.29, 1.82) is 0 Å². The Kier molecular flexibility index (Phi) is 2.70. The van der Waals surface area contributed by atoms with Crippen LogP contribution in [0.1, 0.15) is 42.3 Å². The molecular weight excluding hydrogens is 226 g/mol. The van der Waals surface area contributed by atoms with Crippen LogP contribution in [0.2, 0.25) is 0 Å². The third-order valence-electron chi connectivity index (χ3n) is 3.48. The van der Waals surface area contributed by atoms with Gasteiger partial charge in [-0.15, -0.1) is 0 Å². The Bertz CT molecular complexity index is 606. The van der Waals surface area contributed by atoms with E-state index in [4.69, 9.17) is 0 Å². The van der Waals surface area contributed by atoms with Gasteiger partial charge in [-0.1, -0.05) is 37.3 Å². The molecule has 1 aromatic carbocycles. The van der Waals surface area contributed by atoms with Crippen LogP contribution in [-0.4, -0.2) is 15.2 Å². The lowest BCUT2D eigenvalue weighted by Crippen LogP contribution is -2.18. The van der Waals surface area contributed by atoms with Gasteiger partial charge in [-0.3, -0.25) is 9.89 Å². The molecule has 0 radical (unpaired) electrons. The zero-order valence-electron chi connectivity index (χ0n) is 10.3. The van der Waals surface area contributed by atoms with Gasteiger partial charge in [0.25, 0.3) is 5.56 Å². The van der Waals surface area contributed by atoms with E-state index in [2.05, 4.69) is 27.3 Å². The number of nitrogens with zero attached hydrogens (tertiary/aromatic N) is 2. The van der Waals surface area contributed by atoms with Gasteiger partial charge in [-0.25, -0.2) is 0 Å². The standard InChI is InChI=1S/C14H15N3O/c1-2-12-14(18)15-13(17-16-12)11-8-10(11)9-6-4-3-5-7-9/h3-7,10-11H,2,8H2,1H3,(H,15,17,18). The third-order valence-corrected chi connectivity index (χ3v) is 3.48. The molecule has 3 rings (SSSR count). The average Bonchev–Trinajstić information content (AvgIpc) is 3.20. The topological polar surface area (TPSA) is 58.6 Å². The lowest BCUT2D eigenvalue weighted by molar-refractivity contribution is 0.767. The molecule has 0 saturated heterocycles. The Balaban J connectivity index is 1.83. The van der Waals surface area contributed by atoms with Gasteiger partial charge in [0, 0.05) is 5.92 Å². The quantitative estimate of drug-likeness (QED) is 0.894. The monoisotopic (exact) mass is 241 g/mol. The van der Waals surface area contributed by atoms with Crippen molar-refractivity contribution in [2.75, 3.05) is 0 Å². The normalized spacial score (nSPS) is 21.8. The van der Waals surface area contributed by atoms with Crippen LogP contribution < -0.4 is 5.56 Å². The third kappa shape index (κ3) is 1.94. The molecule has 1 fully saturated rings. The van der Waals surface area contributed by atoms with Gasteiger partial charge in [0.15, 0.2) is 0 Å². The minimum absolute atomic E-state index is 0.190. The molecule has 0 spiro atoms. The summed E-state index contributed by atoms with van der Waals surface area (Å²) in [6.45, 7) is 1.91. The van der Waals surface area contributed by atoms with Crippen LogP contribution in [0.15, 0.2) is 35.1 Å². The van der Waals surface area contributed by atoms with Gasteiger partial charge in [-0.2, -0.15) is 10.1 Å². The molecule has 18 heavy (non-hydrogen) atoms. The van der Waals surface area contributed by atoms with Gasteiger partial charge in [0.1, 0.15) is 11.5 Å². The number of nitrogens with one attached hydrogen (secondary N) is 1. The Hall–Kier alpha value is -1.97. The molecule has 4 heteroatoms. The molecule has 0 aliphatic heterocycles. The van der Waals surface area contributed by atoms with Crippen LogP contribution in [0.25, 0.3) is 0 Å². The maximum Gasteiger partial charge on any atom is 0.294 e. The minimum Gasteiger partial charge on any atom is -0.265 e. The Morgan fingerprint density at radius 1 is 1.28 bits per heavy atom. The van der Waals surface area contributed by atoms with E-state index in [9.17, 15) is 4.79 Å². The van der Waals surface area contributed by atoms with Crippen molar-refractivity contribution in [1.82, 2.24) is 15.2 Å². The lowest BCUT2D eigenvalue weighted by atomic mass is 10.1. The van der Waals surface area contributed by atoms with Crippen LogP contribution in [0.5, 0.6) is 0 Å². The first-order valence-electron chi connectivity index (χ1n) is 6.30. The van der Waals surface area contributed by atoms with E-state index in [0.29, 0.717) is 24.0 Å². The van der Waals surface area contributed by atoms with Crippen LogP contribution in [-0.2, 0) is 6.42 Å². The van der Waals surface area contributed by atoms with Crippen LogP contribution >= 0.6 is 0 Å². The fourth-order valence-corrected chi connectivity index (χ4v) is 2.33. The summed E-state index contributed by atoms with van der Waals surface area (Å²) in [6, 6.07) is 10.3. The highest BCUT2D eigenvalue weighted by Gasteiger charge is 2.41. The van der Waals surface area contributed by atoms with Crippen molar-refractivity contribution in [2.24, 2.45) is 0 Å². The van der Waals surface area contributed by atoms with Gasteiger partial charge >= 0.3 is 0 Å². The summed E-state index contributed by atoms with van der Waals surface area (Å²) >= 11 is 0. The van der Waals surface area contributed by atoms with Gasteiger partial charge in [-0.05, 0) is 24.3 Å². The van der Waals surface area contributed by atoms with Crippen LogP contribution in [0.4, 0.5) is 0 Å². The number of hydrogen-bond acceptors (Lipinski definition) is 3. The summed E-state index contributed by atoms with van der Waals surface area (Å²) in [6.07, 6.45) is 1.66. The van der Waals surface area contributed by atoms with Crippen LogP contribution in [0, 0.1) is 0 Å². The molecule has 1 aromatic heterocycles. The second-order valence-electron chi connectivity index (χ2n) is 4.69. The maximum absolute atomic E-state index is 11.7. The number of aryl methyl sites for hydroxylation is 1. The van der Waals surface area contributed by atoms with Crippen molar-refractivity contribution >= 4 is 0 Å². The predicted octanol–water partition coefficient (Wildman–Crippen LogP) is 2.00. The van der Waals surface area contributed by atoms with Gasteiger partial charge in [0.05, 0.1) is 0 Å². The Morgan fingerprint density at radius 2 is 2.06 bits per heavy atom. The molecule has 0 amide bonds. The van der Waals surface area contributed by atoms with Gasteiger partial charge < -0.3 is 0 Å². The molecule has 0 bridgehead atoms. The number of aromatic amines is 1. The lowest BCUT2D eigenvalue weighted by Gasteiger charge is -2.01. The van der Waals surface area contributed by atoms with E-state index in [1.165, 1.54) is 5.56 Å². The molecule has 92 valence electrons. The first-order chi connectivity index (χ1) is 8.79.